The number of rotatable bonds is 7. The first-order valence-electron chi connectivity index (χ1n) is 14.2. The third-order valence-electron chi connectivity index (χ3n) is 7.86. The van der Waals surface area contributed by atoms with E-state index in [0.717, 1.165) is 47.8 Å². The van der Waals surface area contributed by atoms with Crippen LogP contribution >= 0.6 is 0 Å². The summed E-state index contributed by atoms with van der Waals surface area (Å²) in [6.07, 6.45) is 3.40. The van der Waals surface area contributed by atoms with Gasteiger partial charge >= 0.3 is 0 Å². The van der Waals surface area contributed by atoms with Crippen molar-refractivity contribution in [3.05, 3.63) is 126 Å². The number of anilines is 3. The van der Waals surface area contributed by atoms with Gasteiger partial charge < -0.3 is 9.64 Å². The first kappa shape index (κ1) is 25.0. The van der Waals surface area contributed by atoms with E-state index in [0.29, 0.717) is 5.92 Å². The summed E-state index contributed by atoms with van der Waals surface area (Å²) in [5, 5.41) is 0. The molecule has 0 spiro atoms. The summed E-state index contributed by atoms with van der Waals surface area (Å²) in [6.45, 7) is 6.77. The first-order valence-corrected chi connectivity index (χ1v) is 14.2. The Morgan fingerprint density at radius 1 is 0.615 bits per heavy atom. The fraction of sp³-hybridized carbons (Fsp3) is 0.189. The number of benzene rings is 5. The molecule has 1 aliphatic rings. The zero-order valence-electron chi connectivity index (χ0n) is 23.0. The summed E-state index contributed by atoms with van der Waals surface area (Å²) in [5.74, 6) is 2.29. The molecule has 5 aromatic rings. The third kappa shape index (κ3) is 4.95. The van der Waals surface area contributed by atoms with Gasteiger partial charge in [-0.05, 0) is 94.6 Å². The summed E-state index contributed by atoms with van der Waals surface area (Å²) in [4.78, 5) is 2.33. The number of hydrogen-bond donors (Lipinski definition) is 0. The Labute approximate surface area is 232 Å². The van der Waals surface area contributed by atoms with Gasteiger partial charge in [-0.3, -0.25) is 0 Å². The number of fused-ring (bicyclic) bond motifs is 2. The second-order valence-electron chi connectivity index (χ2n) is 10.5. The molecule has 0 saturated carbocycles. The van der Waals surface area contributed by atoms with Crippen molar-refractivity contribution in [1.82, 2.24) is 0 Å². The van der Waals surface area contributed by atoms with Crippen molar-refractivity contribution in [2.75, 3.05) is 4.90 Å². The lowest BCUT2D eigenvalue weighted by molar-refractivity contribution is 0.477. The second-order valence-corrected chi connectivity index (χ2v) is 10.5. The molecule has 0 aliphatic carbocycles. The minimum Gasteiger partial charge on any atom is -0.453 e. The molecular formula is C37H35NO. The molecule has 1 heterocycles. The molecule has 194 valence electrons. The Kier molecular flexibility index (Phi) is 6.94. The molecule has 6 rings (SSSR count). The zero-order valence-corrected chi connectivity index (χ0v) is 23.0. The molecule has 0 bridgehead atoms. The topological polar surface area (TPSA) is 12.5 Å². The van der Waals surface area contributed by atoms with E-state index in [1.165, 1.54) is 33.4 Å². The molecule has 0 aromatic heterocycles. The van der Waals surface area contributed by atoms with Gasteiger partial charge in [-0.25, -0.2) is 0 Å². The van der Waals surface area contributed by atoms with Crippen LogP contribution in [0.2, 0.25) is 0 Å². The fourth-order valence-corrected chi connectivity index (χ4v) is 5.45. The minimum absolute atomic E-state index is 0.559. The van der Waals surface area contributed by atoms with Crippen molar-refractivity contribution in [2.24, 2.45) is 0 Å². The highest BCUT2D eigenvalue weighted by molar-refractivity contribution is 5.90. The lowest BCUT2D eigenvalue weighted by Gasteiger charge is -2.33. The SMILES string of the molecule is CCCc1ccc(-c2cc(-c3ccc(C(C)CC)cc3)cc(N3c4ccccc4Oc4ccccc43)c2)cc1. The quantitative estimate of drug-likeness (QED) is 0.212. The minimum atomic E-state index is 0.559. The molecule has 39 heavy (non-hydrogen) atoms. The van der Waals surface area contributed by atoms with Crippen LogP contribution in [0.4, 0.5) is 17.1 Å². The number of para-hydroxylation sites is 4. The zero-order chi connectivity index (χ0) is 26.8. The van der Waals surface area contributed by atoms with Gasteiger partial charge in [0.05, 0.1) is 11.4 Å². The third-order valence-corrected chi connectivity index (χ3v) is 7.86. The van der Waals surface area contributed by atoms with E-state index in [1.807, 2.05) is 24.3 Å². The average Bonchev–Trinajstić information content (AvgIpc) is 3.00. The molecular weight excluding hydrogens is 474 g/mol. The lowest BCUT2D eigenvalue weighted by Crippen LogP contribution is -2.15. The number of hydrogen-bond acceptors (Lipinski definition) is 2. The molecule has 1 unspecified atom stereocenters. The van der Waals surface area contributed by atoms with E-state index in [9.17, 15) is 0 Å². The van der Waals surface area contributed by atoms with Gasteiger partial charge in [0.15, 0.2) is 11.5 Å². The van der Waals surface area contributed by atoms with Crippen LogP contribution in [-0.4, -0.2) is 0 Å². The van der Waals surface area contributed by atoms with Crippen molar-refractivity contribution in [2.45, 2.75) is 46.0 Å². The number of aryl methyl sites for hydroxylation is 1. The molecule has 2 heteroatoms. The van der Waals surface area contributed by atoms with Crippen LogP contribution in [0.1, 0.15) is 50.7 Å². The second kappa shape index (κ2) is 10.8. The van der Waals surface area contributed by atoms with Crippen molar-refractivity contribution in [1.29, 1.82) is 0 Å². The predicted octanol–water partition coefficient (Wildman–Crippen LogP) is 11.1. The highest BCUT2D eigenvalue weighted by Crippen LogP contribution is 2.51. The Bertz CT molecular complexity index is 1540. The van der Waals surface area contributed by atoms with Crippen LogP contribution in [-0.2, 0) is 6.42 Å². The molecule has 1 aliphatic heterocycles. The number of ether oxygens (including phenoxy) is 1. The van der Waals surface area contributed by atoms with Crippen LogP contribution in [0.25, 0.3) is 22.3 Å². The largest absolute Gasteiger partial charge is 0.453 e. The van der Waals surface area contributed by atoms with E-state index in [4.69, 9.17) is 4.74 Å². The molecule has 0 amide bonds. The number of nitrogens with zero attached hydrogens (tertiary/aromatic N) is 1. The van der Waals surface area contributed by atoms with Gasteiger partial charge in [-0.1, -0.05) is 100.0 Å². The van der Waals surface area contributed by atoms with Gasteiger partial charge in [-0.15, -0.1) is 0 Å². The van der Waals surface area contributed by atoms with Crippen LogP contribution in [0.5, 0.6) is 11.5 Å². The van der Waals surface area contributed by atoms with E-state index in [1.54, 1.807) is 0 Å². The van der Waals surface area contributed by atoms with E-state index < -0.39 is 0 Å². The predicted molar refractivity (Wildman–Crippen MR) is 165 cm³/mol. The normalized spacial score (nSPS) is 12.8. The van der Waals surface area contributed by atoms with Crippen LogP contribution in [0, 0.1) is 0 Å². The first-order chi connectivity index (χ1) is 19.1. The van der Waals surface area contributed by atoms with Crippen LogP contribution < -0.4 is 9.64 Å². The molecule has 0 fully saturated rings. The Hall–Kier alpha value is -4.30. The molecule has 2 nitrogen and oxygen atoms in total. The highest BCUT2D eigenvalue weighted by atomic mass is 16.5. The summed E-state index contributed by atoms with van der Waals surface area (Å²) in [6, 6.07) is 41.7. The Balaban J connectivity index is 1.52. The van der Waals surface area contributed by atoms with Gasteiger partial charge in [0, 0.05) is 5.69 Å². The molecule has 0 N–H and O–H groups in total. The summed E-state index contributed by atoms with van der Waals surface area (Å²) in [7, 11) is 0. The van der Waals surface area contributed by atoms with Gasteiger partial charge in [0.2, 0.25) is 0 Å². The van der Waals surface area contributed by atoms with E-state index in [-0.39, 0.29) is 0 Å². The molecule has 0 saturated heterocycles. The smallest absolute Gasteiger partial charge is 0.151 e. The Morgan fingerprint density at radius 2 is 1.15 bits per heavy atom. The standard InChI is InChI=1S/C37H35NO/c1-4-10-27-15-17-29(18-16-27)31-23-32(30-21-19-28(20-22-30)26(3)5-2)25-33(24-31)38-34-11-6-8-13-36(34)39-37-14-9-7-12-35(37)38/h6-9,11-26H,4-5,10H2,1-3H3. The molecule has 0 radical (unpaired) electrons. The molecule has 1 atom stereocenters. The summed E-state index contributed by atoms with van der Waals surface area (Å²) >= 11 is 0. The van der Waals surface area contributed by atoms with Crippen LogP contribution in [0.15, 0.2) is 115 Å². The van der Waals surface area contributed by atoms with E-state index >= 15 is 0 Å². The van der Waals surface area contributed by atoms with Crippen molar-refractivity contribution in [3.8, 4) is 33.8 Å². The van der Waals surface area contributed by atoms with Crippen molar-refractivity contribution < 1.29 is 4.74 Å². The maximum atomic E-state index is 6.30. The van der Waals surface area contributed by atoms with Gasteiger partial charge in [-0.2, -0.15) is 0 Å². The summed E-state index contributed by atoms with van der Waals surface area (Å²) < 4.78 is 6.30. The van der Waals surface area contributed by atoms with Gasteiger partial charge in [0.1, 0.15) is 0 Å². The monoisotopic (exact) mass is 509 g/mol. The fourth-order valence-electron chi connectivity index (χ4n) is 5.45. The van der Waals surface area contributed by atoms with Crippen molar-refractivity contribution >= 4 is 17.1 Å². The maximum absolute atomic E-state index is 6.30. The van der Waals surface area contributed by atoms with Crippen molar-refractivity contribution in [3.63, 3.8) is 0 Å². The van der Waals surface area contributed by atoms with E-state index in [2.05, 4.69) is 117 Å². The van der Waals surface area contributed by atoms with Crippen LogP contribution in [0.3, 0.4) is 0 Å². The molecule has 5 aromatic carbocycles. The van der Waals surface area contributed by atoms with Gasteiger partial charge in [0.25, 0.3) is 0 Å². The highest BCUT2D eigenvalue weighted by Gasteiger charge is 2.26. The maximum Gasteiger partial charge on any atom is 0.151 e. The average molecular weight is 510 g/mol. The summed E-state index contributed by atoms with van der Waals surface area (Å²) in [5.41, 5.74) is 10.8. The lowest BCUT2D eigenvalue weighted by atomic mass is 9.93. The Morgan fingerprint density at radius 3 is 1.69 bits per heavy atom.